The van der Waals surface area contributed by atoms with Crippen molar-refractivity contribution in [2.45, 2.75) is 31.8 Å². The van der Waals surface area contributed by atoms with Crippen LogP contribution in [0.15, 0.2) is 34.9 Å². The van der Waals surface area contributed by atoms with E-state index in [-0.39, 0.29) is 18.0 Å². The average Bonchev–Trinajstić information content (AvgIpc) is 3.32. The Bertz CT molecular complexity index is 1210. The summed E-state index contributed by atoms with van der Waals surface area (Å²) in [5, 5.41) is 11.9. The van der Waals surface area contributed by atoms with Crippen molar-refractivity contribution in [2.24, 2.45) is 5.92 Å². The summed E-state index contributed by atoms with van der Waals surface area (Å²) >= 11 is 0. The highest BCUT2D eigenvalue weighted by Gasteiger charge is 2.28. The van der Waals surface area contributed by atoms with E-state index in [4.69, 9.17) is 13.9 Å². The van der Waals surface area contributed by atoms with Crippen molar-refractivity contribution in [3.05, 3.63) is 53.8 Å². The van der Waals surface area contributed by atoms with Crippen molar-refractivity contribution >= 4 is 29.3 Å². The predicted molar refractivity (Wildman–Crippen MR) is 114 cm³/mol. The zero-order chi connectivity index (χ0) is 24.9. The number of aromatic nitrogens is 3. The first kappa shape index (κ1) is 24.0. The van der Waals surface area contributed by atoms with Crippen molar-refractivity contribution in [3.63, 3.8) is 0 Å². The van der Waals surface area contributed by atoms with Gasteiger partial charge in [-0.25, -0.2) is 18.2 Å². The molecular weight excluding hydrogens is 471 g/mol. The minimum Gasteiger partial charge on any atom is -0.474 e. The summed E-state index contributed by atoms with van der Waals surface area (Å²) in [4.78, 5) is 28.1. The summed E-state index contributed by atoms with van der Waals surface area (Å²) < 4.78 is 55.8. The van der Waals surface area contributed by atoms with E-state index in [1.165, 1.54) is 13.3 Å². The summed E-state index contributed by atoms with van der Waals surface area (Å²) in [6.45, 7) is 0. The second-order valence-electron chi connectivity index (χ2n) is 7.74. The van der Waals surface area contributed by atoms with Gasteiger partial charge in [0.05, 0.1) is 30.6 Å². The minimum atomic E-state index is -1.35. The fourth-order valence-corrected chi connectivity index (χ4v) is 3.56. The predicted octanol–water partition coefficient (Wildman–Crippen LogP) is 3.99. The average molecular weight is 491 g/mol. The molecule has 0 atom stereocenters. The van der Waals surface area contributed by atoms with Crippen molar-refractivity contribution in [1.82, 2.24) is 15.2 Å². The van der Waals surface area contributed by atoms with Gasteiger partial charge in [-0.1, -0.05) is 5.10 Å². The van der Waals surface area contributed by atoms with E-state index in [0.717, 1.165) is 0 Å². The van der Waals surface area contributed by atoms with Gasteiger partial charge < -0.3 is 24.5 Å². The van der Waals surface area contributed by atoms with Gasteiger partial charge in [-0.05, 0) is 31.7 Å². The molecule has 3 aromatic rings. The normalized spacial score (nSPS) is 17.5. The fraction of sp³-hybridized carbons (Fsp3) is 0.318. The third-order valence-electron chi connectivity index (χ3n) is 5.36. The lowest BCUT2D eigenvalue weighted by atomic mass is 9.87. The molecule has 1 aromatic carbocycles. The molecule has 2 N–H and O–H groups in total. The molecule has 0 bridgehead atoms. The van der Waals surface area contributed by atoms with E-state index in [1.54, 1.807) is 12.1 Å². The Morgan fingerprint density at radius 1 is 1.03 bits per heavy atom. The van der Waals surface area contributed by atoms with Gasteiger partial charge in [0.2, 0.25) is 5.88 Å². The number of nitrogens with zero attached hydrogens (tertiary/aromatic N) is 3. The van der Waals surface area contributed by atoms with E-state index >= 15 is 0 Å². The summed E-state index contributed by atoms with van der Waals surface area (Å²) in [6.07, 6.45) is 4.04. The molecule has 2 aromatic heterocycles. The largest absolute Gasteiger partial charge is 0.474 e. The maximum atomic E-state index is 13.7. The Kier molecular flexibility index (Phi) is 7.13. The number of methoxy groups -OCH3 is 1. The number of esters is 1. The first-order valence-corrected chi connectivity index (χ1v) is 10.6. The van der Waals surface area contributed by atoms with Gasteiger partial charge in [-0.3, -0.25) is 9.59 Å². The van der Waals surface area contributed by atoms with Crippen LogP contribution >= 0.6 is 0 Å². The molecule has 1 aliphatic carbocycles. The number of ether oxygens (including phenoxy) is 2. The first-order chi connectivity index (χ1) is 16.8. The maximum absolute atomic E-state index is 13.7. The molecule has 0 spiro atoms. The molecule has 1 fully saturated rings. The number of hydrogen-bond donors (Lipinski definition) is 2. The maximum Gasteiger partial charge on any atom is 0.320 e. The Balaban J connectivity index is 1.30. The topological polar surface area (TPSA) is 128 Å². The number of nitrogens with one attached hydrogen (secondary N) is 2. The first-order valence-electron chi connectivity index (χ1n) is 10.6. The smallest absolute Gasteiger partial charge is 0.320 e. The number of carbonyl (C=O) groups excluding carboxylic acids is 2. The number of benzene rings is 1. The summed E-state index contributed by atoms with van der Waals surface area (Å²) in [5.74, 6) is -4.90. The van der Waals surface area contributed by atoms with Gasteiger partial charge >= 0.3 is 23.8 Å². The van der Waals surface area contributed by atoms with E-state index in [9.17, 15) is 22.8 Å². The monoisotopic (exact) mass is 491 g/mol. The molecule has 4 rings (SSSR count). The van der Waals surface area contributed by atoms with Crippen LogP contribution in [0.1, 0.15) is 36.4 Å². The second-order valence-corrected chi connectivity index (χ2v) is 7.74. The molecule has 1 aliphatic rings. The lowest BCUT2D eigenvalue weighted by Crippen LogP contribution is -2.28. The van der Waals surface area contributed by atoms with E-state index < -0.39 is 41.0 Å². The van der Waals surface area contributed by atoms with Crippen LogP contribution in [0.5, 0.6) is 5.88 Å². The number of carbonyl (C=O) groups is 2. The van der Waals surface area contributed by atoms with Crippen molar-refractivity contribution in [2.75, 3.05) is 17.7 Å². The van der Waals surface area contributed by atoms with Crippen molar-refractivity contribution in [1.29, 1.82) is 0 Å². The standard InChI is InChI=1S/C22H20F3N5O5/c1-33-21(32)11-2-5-13(6-3-11)34-18-7-4-12(10-26-18)27-19(31)20-29-30-22(35-20)28-17-9-15(24)14(23)8-16(17)25/h4,7-11,13H,2-3,5-6H2,1H3,(H,27,31)(H,28,30)/t11-,13-. The minimum absolute atomic E-state index is 0.0763. The van der Waals surface area contributed by atoms with Crippen LogP contribution < -0.4 is 15.4 Å². The summed E-state index contributed by atoms with van der Waals surface area (Å²) in [6, 6.07) is 3.68. The number of anilines is 3. The highest BCUT2D eigenvalue weighted by molar-refractivity contribution is 6.00. The second kappa shape index (κ2) is 10.4. The van der Waals surface area contributed by atoms with Gasteiger partial charge in [-0.2, -0.15) is 0 Å². The third kappa shape index (κ3) is 5.86. The lowest BCUT2D eigenvalue weighted by Gasteiger charge is -2.27. The van der Waals surface area contributed by atoms with Gasteiger partial charge in [0.25, 0.3) is 0 Å². The van der Waals surface area contributed by atoms with Gasteiger partial charge in [0, 0.05) is 18.2 Å². The van der Waals surface area contributed by atoms with Crippen LogP contribution in [-0.2, 0) is 9.53 Å². The molecule has 1 saturated carbocycles. The Morgan fingerprint density at radius 3 is 2.46 bits per heavy atom. The molecule has 2 heterocycles. The molecule has 35 heavy (non-hydrogen) atoms. The van der Waals surface area contributed by atoms with Gasteiger partial charge in [0.1, 0.15) is 11.9 Å². The molecule has 0 unspecified atom stereocenters. The van der Waals surface area contributed by atoms with Crippen LogP contribution in [0.3, 0.4) is 0 Å². The number of pyridine rings is 1. The molecule has 0 saturated heterocycles. The fourth-order valence-electron chi connectivity index (χ4n) is 3.56. The molecule has 184 valence electrons. The van der Waals surface area contributed by atoms with Crippen LogP contribution in [0.2, 0.25) is 0 Å². The van der Waals surface area contributed by atoms with E-state index in [0.29, 0.717) is 49.4 Å². The zero-order valence-corrected chi connectivity index (χ0v) is 18.4. The highest BCUT2D eigenvalue weighted by atomic mass is 19.2. The molecule has 13 heteroatoms. The SMILES string of the molecule is COC(=O)[C@H]1CC[C@H](Oc2ccc(NC(=O)c3nnc(Nc4cc(F)c(F)cc4F)o3)cn2)CC1. The van der Waals surface area contributed by atoms with Gasteiger partial charge in [0.15, 0.2) is 11.6 Å². The van der Waals surface area contributed by atoms with Gasteiger partial charge in [-0.15, -0.1) is 5.10 Å². The van der Waals surface area contributed by atoms with E-state index in [1.807, 2.05) is 0 Å². The van der Waals surface area contributed by atoms with Crippen molar-refractivity contribution in [3.8, 4) is 5.88 Å². The van der Waals surface area contributed by atoms with E-state index in [2.05, 4.69) is 25.8 Å². The molecule has 1 amide bonds. The number of halogens is 3. The molecular formula is C22H20F3N5O5. The molecule has 10 nitrogen and oxygen atoms in total. The van der Waals surface area contributed by atoms with Crippen LogP contribution in [-0.4, -0.2) is 40.3 Å². The lowest BCUT2D eigenvalue weighted by molar-refractivity contribution is -0.147. The highest BCUT2D eigenvalue weighted by Crippen LogP contribution is 2.28. The van der Waals surface area contributed by atoms with Crippen LogP contribution in [0.4, 0.5) is 30.6 Å². The molecule has 0 radical (unpaired) electrons. The quantitative estimate of drug-likeness (QED) is 0.372. The van der Waals surface area contributed by atoms with Crippen LogP contribution in [0.25, 0.3) is 0 Å². The number of amides is 1. The number of rotatable bonds is 7. The molecule has 0 aliphatic heterocycles. The van der Waals surface area contributed by atoms with Crippen molar-refractivity contribution < 1.29 is 36.7 Å². The Hall–Kier alpha value is -4.16. The zero-order valence-electron chi connectivity index (χ0n) is 18.4. The van der Waals surface area contributed by atoms with Crippen LogP contribution in [0, 0.1) is 23.4 Å². The number of hydrogen-bond acceptors (Lipinski definition) is 9. The Labute approximate surface area is 196 Å². The summed E-state index contributed by atoms with van der Waals surface area (Å²) in [5.41, 5.74) is -0.130. The summed E-state index contributed by atoms with van der Waals surface area (Å²) in [7, 11) is 1.38. The Morgan fingerprint density at radius 2 is 1.77 bits per heavy atom. The third-order valence-corrected chi connectivity index (χ3v) is 5.36.